The SMILES string of the molecule is CC(=O)N[C@@H]1CC(=O)CC[C@@H]1N1CC[C@H](NC(=O)OCc2ccccc2)C1. The van der Waals surface area contributed by atoms with Crippen molar-refractivity contribution in [2.75, 3.05) is 13.1 Å². The molecule has 1 saturated heterocycles. The van der Waals surface area contributed by atoms with Gasteiger partial charge < -0.3 is 15.4 Å². The lowest BCUT2D eigenvalue weighted by atomic mass is 9.88. The lowest BCUT2D eigenvalue weighted by Gasteiger charge is -2.37. The van der Waals surface area contributed by atoms with Gasteiger partial charge in [0.1, 0.15) is 12.4 Å². The van der Waals surface area contributed by atoms with Crippen molar-refractivity contribution in [1.82, 2.24) is 15.5 Å². The second kappa shape index (κ2) is 8.99. The van der Waals surface area contributed by atoms with Gasteiger partial charge in [-0.1, -0.05) is 30.3 Å². The lowest BCUT2D eigenvalue weighted by molar-refractivity contribution is -0.124. The van der Waals surface area contributed by atoms with E-state index in [9.17, 15) is 14.4 Å². The molecular weight excluding hydrogens is 346 g/mol. The lowest BCUT2D eigenvalue weighted by Crippen LogP contribution is -2.54. The molecule has 3 atom stereocenters. The van der Waals surface area contributed by atoms with Crippen LogP contribution in [0.2, 0.25) is 0 Å². The summed E-state index contributed by atoms with van der Waals surface area (Å²) >= 11 is 0. The Morgan fingerprint density at radius 1 is 1.19 bits per heavy atom. The molecule has 146 valence electrons. The highest BCUT2D eigenvalue weighted by molar-refractivity contribution is 5.81. The first-order valence-electron chi connectivity index (χ1n) is 9.51. The summed E-state index contributed by atoms with van der Waals surface area (Å²) in [4.78, 5) is 37.6. The fourth-order valence-corrected chi connectivity index (χ4v) is 3.98. The molecule has 1 heterocycles. The van der Waals surface area contributed by atoms with Gasteiger partial charge in [-0.25, -0.2) is 4.79 Å². The van der Waals surface area contributed by atoms with Crippen LogP contribution in [-0.4, -0.2) is 53.9 Å². The zero-order valence-electron chi connectivity index (χ0n) is 15.6. The fraction of sp³-hybridized carbons (Fsp3) is 0.550. The number of alkyl carbamates (subject to hydrolysis) is 1. The first-order valence-corrected chi connectivity index (χ1v) is 9.51. The number of ether oxygens (including phenoxy) is 1. The monoisotopic (exact) mass is 373 g/mol. The van der Waals surface area contributed by atoms with Crippen LogP contribution >= 0.6 is 0 Å². The van der Waals surface area contributed by atoms with E-state index in [0.29, 0.717) is 19.4 Å². The molecule has 27 heavy (non-hydrogen) atoms. The molecule has 0 spiro atoms. The third kappa shape index (κ3) is 5.53. The van der Waals surface area contributed by atoms with E-state index in [0.717, 1.165) is 24.9 Å². The predicted octanol–water partition coefficient (Wildman–Crippen LogP) is 1.61. The summed E-state index contributed by atoms with van der Waals surface area (Å²) in [6, 6.07) is 9.57. The molecule has 2 fully saturated rings. The van der Waals surface area contributed by atoms with Crippen molar-refractivity contribution < 1.29 is 19.1 Å². The molecule has 7 heteroatoms. The molecule has 7 nitrogen and oxygen atoms in total. The van der Waals surface area contributed by atoms with E-state index in [-0.39, 0.29) is 36.4 Å². The third-order valence-corrected chi connectivity index (χ3v) is 5.24. The molecule has 1 aliphatic carbocycles. The van der Waals surface area contributed by atoms with Gasteiger partial charge in [-0.2, -0.15) is 0 Å². The molecule has 1 saturated carbocycles. The standard InChI is InChI=1S/C20H27N3O4/c1-14(24)21-18-11-17(25)7-8-19(18)23-10-9-16(12-23)22-20(26)27-13-15-5-3-2-4-6-15/h2-6,16,18-19H,7-13H2,1H3,(H,21,24)(H,22,26)/t16-,18+,19-/m0/s1. The Labute approximate surface area is 159 Å². The number of Topliss-reactive ketones (excluding diaryl/α,β-unsaturated/α-hetero) is 1. The maximum absolute atomic E-state index is 12.1. The second-order valence-electron chi connectivity index (χ2n) is 7.34. The van der Waals surface area contributed by atoms with Crippen LogP contribution < -0.4 is 10.6 Å². The molecular formula is C20H27N3O4. The molecule has 1 aromatic rings. The summed E-state index contributed by atoms with van der Waals surface area (Å²) in [5.41, 5.74) is 0.950. The number of carbonyl (C=O) groups excluding carboxylic acids is 3. The molecule has 0 radical (unpaired) electrons. The molecule has 2 amide bonds. The van der Waals surface area contributed by atoms with Crippen LogP contribution in [0.4, 0.5) is 4.79 Å². The summed E-state index contributed by atoms with van der Waals surface area (Å²) < 4.78 is 5.29. The van der Waals surface area contributed by atoms with E-state index in [1.807, 2.05) is 30.3 Å². The largest absolute Gasteiger partial charge is 0.445 e. The van der Waals surface area contributed by atoms with E-state index in [4.69, 9.17) is 4.74 Å². The van der Waals surface area contributed by atoms with Crippen LogP contribution in [0.25, 0.3) is 0 Å². The van der Waals surface area contributed by atoms with Gasteiger partial charge in [0, 0.05) is 44.9 Å². The zero-order chi connectivity index (χ0) is 19.2. The Kier molecular flexibility index (Phi) is 6.45. The van der Waals surface area contributed by atoms with Gasteiger partial charge in [0.2, 0.25) is 5.91 Å². The normalized spacial score (nSPS) is 25.8. The molecule has 1 aliphatic heterocycles. The van der Waals surface area contributed by atoms with Crippen LogP contribution in [0.5, 0.6) is 0 Å². The van der Waals surface area contributed by atoms with Gasteiger partial charge in [-0.3, -0.25) is 14.5 Å². The number of amides is 2. The maximum Gasteiger partial charge on any atom is 0.407 e. The Bertz CT molecular complexity index is 677. The van der Waals surface area contributed by atoms with Crippen molar-refractivity contribution in [3.63, 3.8) is 0 Å². The molecule has 0 aromatic heterocycles. The number of hydrogen-bond acceptors (Lipinski definition) is 5. The first kappa shape index (κ1) is 19.4. The molecule has 3 rings (SSSR count). The number of carbonyl (C=O) groups is 3. The minimum atomic E-state index is -0.414. The minimum absolute atomic E-state index is 0.0175. The molecule has 1 aromatic carbocycles. The zero-order valence-corrected chi connectivity index (χ0v) is 15.6. The van der Waals surface area contributed by atoms with Crippen molar-refractivity contribution in [1.29, 1.82) is 0 Å². The highest BCUT2D eigenvalue weighted by Crippen LogP contribution is 2.25. The number of ketones is 1. The fourth-order valence-electron chi connectivity index (χ4n) is 3.98. The van der Waals surface area contributed by atoms with Gasteiger partial charge in [0.05, 0.1) is 6.04 Å². The summed E-state index contributed by atoms with van der Waals surface area (Å²) in [5.74, 6) is 0.0847. The maximum atomic E-state index is 12.1. The number of nitrogens with zero attached hydrogens (tertiary/aromatic N) is 1. The summed E-state index contributed by atoms with van der Waals surface area (Å²) in [5, 5.41) is 5.85. The van der Waals surface area contributed by atoms with Crippen molar-refractivity contribution in [2.24, 2.45) is 0 Å². The van der Waals surface area contributed by atoms with Crippen LogP contribution in [0, 0.1) is 0 Å². The molecule has 0 unspecified atom stereocenters. The van der Waals surface area contributed by atoms with E-state index < -0.39 is 6.09 Å². The Morgan fingerprint density at radius 2 is 1.96 bits per heavy atom. The smallest absolute Gasteiger partial charge is 0.407 e. The average Bonchev–Trinajstić information content (AvgIpc) is 3.08. The van der Waals surface area contributed by atoms with E-state index in [1.54, 1.807) is 0 Å². The van der Waals surface area contributed by atoms with Gasteiger partial charge in [-0.05, 0) is 18.4 Å². The van der Waals surface area contributed by atoms with Crippen LogP contribution in [0.15, 0.2) is 30.3 Å². The van der Waals surface area contributed by atoms with E-state index in [1.165, 1.54) is 6.92 Å². The molecule has 2 N–H and O–H groups in total. The molecule has 2 aliphatic rings. The van der Waals surface area contributed by atoms with Gasteiger partial charge >= 0.3 is 6.09 Å². The van der Waals surface area contributed by atoms with Crippen LogP contribution in [0.3, 0.4) is 0 Å². The highest BCUT2D eigenvalue weighted by atomic mass is 16.5. The average molecular weight is 373 g/mol. The second-order valence-corrected chi connectivity index (χ2v) is 7.34. The quantitative estimate of drug-likeness (QED) is 0.819. The number of rotatable bonds is 5. The van der Waals surface area contributed by atoms with Gasteiger partial charge in [0.15, 0.2) is 0 Å². The number of nitrogens with one attached hydrogen (secondary N) is 2. The topological polar surface area (TPSA) is 87.7 Å². The number of likely N-dealkylation sites (tertiary alicyclic amines) is 1. The Balaban J connectivity index is 1.47. The van der Waals surface area contributed by atoms with E-state index in [2.05, 4.69) is 15.5 Å². The summed E-state index contributed by atoms with van der Waals surface area (Å²) in [6.07, 6.45) is 2.10. The third-order valence-electron chi connectivity index (χ3n) is 5.24. The van der Waals surface area contributed by atoms with Crippen LogP contribution in [0.1, 0.15) is 38.2 Å². The van der Waals surface area contributed by atoms with Gasteiger partial charge in [-0.15, -0.1) is 0 Å². The van der Waals surface area contributed by atoms with Crippen molar-refractivity contribution in [2.45, 2.75) is 57.3 Å². The number of hydrogen-bond donors (Lipinski definition) is 2. The van der Waals surface area contributed by atoms with E-state index >= 15 is 0 Å². The predicted molar refractivity (Wildman–Crippen MR) is 100.0 cm³/mol. The molecule has 0 bridgehead atoms. The Morgan fingerprint density at radius 3 is 2.70 bits per heavy atom. The number of benzene rings is 1. The van der Waals surface area contributed by atoms with Crippen LogP contribution in [-0.2, 0) is 20.9 Å². The minimum Gasteiger partial charge on any atom is -0.445 e. The highest BCUT2D eigenvalue weighted by Gasteiger charge is 2.37. The summed E-state index contributed by atoms with van der Waals surface area (Å²) in [7, 11) is 0. The van der Waals surface area contributed by atoms with Crippen molar-refractivity contribution in [3.05, 3.63) is 35.9 Å². The van der Waals surface area contributed by atoms with Crippen molar-refractivity contribution >= 4 is 17.8 Å². The first-order chi connectivity index (χ1) is 13.0. The van der Waals surface area contributed by atoms with Gasteiger partial charge in [0.25, 0.3) is 0 Å². The Hall–Kier alpha value is -2.41. The summed E-state index contributed by atoms with van der Waals surface area (Å²) in [6.45, 7) is 3.26. The van der Waals surface area contributed by atoms with Crippen molar-refractivity contribution in [3.8, 4) is 0 Å².